The zero-order valence-electron chi connectivity index (χ0n) is 6.41. The van der Waals surface area contributed by atoms with Crippen LogP contribution in [0.15, 0.2) is 24.3 Å². The molecule has 0 radical (unpaired) electrons. The monoisotopic (exact) mass is 153 g/mol. The molecule has 0 aromatic heterocycles. The molecule has 0 spiro atoms. The van der Waals surface area contributed by atoms with Crippen molar-refractivity contribution >= 4 is 0 Å². The molecule has 11 heavy (non-hydrogen) atoms. The van der Waals surface area contributed by atoms with Crippen LogP contribution in [0.25, 0.3) is 0 Å². The lowest BCUT2D eigenvalue weighted by atomic mass is 10.3. The van der Waals surface area contributed by atoms with Gasteiger partial charge in [0.2, 0.25) is 0 Å². The van der Waals surface area contributed by atoms with Gasteiger partial charge in [-0.2, -0.15) is 0 Å². The zero-order valence-corrected chi connectivity index (χ0v) is 6.41. The Balaban J connectivity index is 2.74. The highest BCUT2D eigenvalue weighted by Crippen LogP contribution is 2.17. The van der Waals surface area contributed by atoms with Gasteiger partial charge in [0.05, 0.1) is 7.11 Å². The second-order valence-corrected chi connectivity index (χ2v) is 1.99. The molecule has 1 aromatic rings. The Kier molecular flexibility index (Phi) is 2.74. The molecule has 0 heterocycles. The third kappa shape index (κ3) is 2.13. The number of hydrogen-bond donors (Lipinski definition) is 1. The second-order valence-electron chi connectivity index (χ2n) is 1.99. The minimum Gasteiger partial charge on any atom is -0.497 e. The Morgan fingerprint density at radius 2 is 2.09 bits per heavy atom. The SMILES string of the molecule is COc1cccc(OCN)c1. The number of hydrogen-bond acceptors (Lipinski definition) is 3. The predicted octanol–water partition coefficient (Wildman–Crippen LogP) is 0.990. The molecule has 3 heteroatoms. The van der Waals surface area contributed by atoms with Crippen LogP contribution in [-0.4, -0.2) is 13.8 Å². The molecule has 0 unspecified atom stereocenters. The fraction of sp³-hybridized carbons (Fsp3) is 0.250. The molecule has 2 N–H and O–H groups in total. The van der Waals surface area contributed by atoms with Gasteiger partial charge in [0, 0.05) is 6.07 Å². The third-order valence-electron chi connectivity index (χ3n) is 1.29. The van der Waals surface area contributed by atoms with Crippen molar-refractivity contribution in [2.45, 2.75) is 0 Å². The summed E-state index contributed by atoms with van der Waals surface area (Å²) in [5, 5.41) is 0. The lowest BCUT2D eigenvalue weighted by molar-refractivity contribution is 0.326. The van der Waals surface area contributed by atoms with Crippen LogP contribution in [0.4, 0.5) is 0 Å². The molecular formula is C8H11NO2. The van der Waals surface area contributed by atoms with E-state index in [0.29, 0.717) is 0 Å². The first kappa shape index (κ1) is 7.88. The maximum Gasteiger partial charge on any atom is 0.137 e. The van der Waals surface area contributed by atoms with E-state index < -0.39 is 0 Å². The Morgan fingerprint density at radius 3 is 2.73 bits per heavy atom. The van der Waals surface area contributed by atoms with Gasteiger partial charge in [-0.1, -0.05) is 6.07 Å². The van der Waals surface area contributed by atoms with E-state index in [-0.39, 0.29) is 6.73 Å². The van der Waals surface area contributed by atoms with Crippen molar-refractivity contribution in [1.29, 1.82) is 0 Å². The highest BCUT2D eigenvalue weighted by atomic mass is 16.5. The summed E-state index contributed by atoms with van der Waals surface area (Å²) in [7, 11) is 1.61. The fourth-order valence-corrected chi connectivity index (χ4v) is 0.787. The van der Waals surface area contributed by atoms with E-state index in [2.05, 4.69) is 0 Å². The first-order valence-corrected chi connectivity index (χ1v) is 3.33. The van der Waals surface area contributed by atoms with Crippen molar-refractivity contribution in [1.82, 2.24) is 0 Å². The van der Waals surface area contributed by atoms with Crippen molar-refractivity contribution in [3.05, 3.63) is 24.3 Å². The quantitative estimate of drug-likeness (QED) is 0.658. The molecule has 0 aliphatic rings. The summed E-state index contributed by atoms with van der Waals surface area (Å²) >= 11 is 0. The number of ether oxygens (including phenoxy) is 2. The summed E-state index contributed by atoms with van der Waals surface area (Å²) in [4.78, 5) is 0. The average molecular weight is 153 g/mol. The van der Waals surface area contributed by atoms with Crippen LogP contribution in [0.3, 0.4) is 0 Å². The van der Waals surface area contributed by atoms with Gasteiger partial charge in [0.15, 0.2) is 0 Å². The molecule has 0 fully saturated rings. The first-order chi connectivity index (χ1) is 5.36. The Labute approximate surface area is 65.7 Å². The van der Waals surface area contributed by atoms with E-state index in [1.807, 2.05) is 18.2 Å². The van der Waals surface area contributed by atoms with E-state index in [4.69, 9.17) is 15.2 Å². The molecule has 0 saturated heterocycles. The minimum absolute atomic E-state index is 0.188. The fourth-order valence-electron chi connectivity index (χ4n) is 0.787. The van der Waals surface area contributed by atoms with Gasteiger partial charge in [0.1, 0.15) is 18.2 Å². The smallest absolute Gasteiger partial charge is 0.137 e. The van der Waals surface area contributed by atoms with Crippen LogP contribution in [0.2, 0.25) is 0 Å². The molecule has 1 rings (SSSR count). The summed E-state index contributed by atoms with van der Waals surface area (Å²) in [6, 6.07) is 7.31. The molecular weight excluding hydrogens is 142 g/mol. The van der Waals surface area contributed by atoms with Gasteiger partial charge in [-0.3, -0.25) is 5.73 Å². The van der Waals surface area contributed by atoms with E-state index in [9.17, 15) is 0 Å². The second kappa shape index (κ2) is 3.83. The topological polar surface area (TPSA) is 44.5 Å². The molecule has 60 valence electrons. The molecule has 0 bridgehead atoms. The molecule has 0 aliphatic carbocycles. The van der Waals surface area contributed by atoms with Crippen molar-refractivity contribution in [2.24, 2.45) is 5.73 Å². The number of nitrogens with two attached hydrogens (primary N) is 1. The molecule has 0 atom stereocenters. The molecule has 0 amide bonds. The van der Waals surface area contributed by atoms with Gasteiger partial charge < -0.3 is 9.47 Å². The zero-order chi connectivity index (χ0) is 8.10. The van der Waals surface area contributed by atoms with Gasteiger partial charge in [-0.05, 0) is 12.1 Å². The summed E-state index contributed by atoms with van der Waals surface area (Å²) in [6.07, 6.45) is 0. The average Bonchev–Trinajstić information content (AvgIpc) is 2.06. The van der Waals surface area contributed by atoms with E-state index in [0.717, 1.165) is 11.5 Å². The molecule has 3 nitrogen and oxygen atoms in total. The van der Waals surface area contributed by atoms with Gasteiger partial charge in [-0.15, -0.1) is 0 Å². The first-order valence-electron chi connectivity index (χ1n) is 3.33. The number of methoxy groups -OCH3 is 1. The van der Waals surface area contributed by atoms with Crippen molar-refractivity contribution in [3.8, 4) is 11.5 Å². The minimum atomic E-state index is 0.188. The van der Waals surface area contributed by atoms with Crippen LogP contribution in [0.5, 0.6) is 11.5 Å². The standard InChI is InChI=1S/C8H11NO2/c1-10-7-3-2-4-8(5-7)11-6-9/h2-5H,6,9H2,1H3. The van der Waals surface area contributed by atoms with E-state index >= 15 is 0 Å². The largest absolute Gasteiger partial charge is 0.497 e. The highest BCUT2D eigenvalue weighted by molar-refractivity contribution is 5.32. The maximum atomic E-state index is 5.19. The van der Waals surface area contributed by atoms with Crippen molar-refractivity contribution in [2.75, 3.05) is 13.8 Å². The summed E-state index contributed by atoms with van der Waals surface area (Å²) in [6.45, 7) is 0.188. The Hall–Kier alpha value is -1.22. The third-order valence-corrected chi connectivity index (χ3v) is 1.29. The number of rotatable bonds is 3. The number of benzene rings is 1. The van der Waals surface area contributed by atoms with E-state index in [1.165, 1.54) is 0 Å². The van der Waals surface area contributed by atoms with Crippen LogP contribution in [0.1, 0.15) is 0 Å². The molecule has 0 aliphatic heterocycles. The van der Waals surface area contributed by atoms with Gasteiger partial charge >= 0.3 is 0 Å². The summed E-state index contributed by atoms with van der Waals surface area (Å²) < 4.78 is 10.0. The van der Waals surface area contributed by atoms with Gasteiger partial charge in [0.25, 0.3) is 0 Å². The maximum absolute atomic E-state index is 5.19. The normalized spacial score (nSPS) is 9.27. The van der Waals surface area contributed by atoms with Crippen LogP contribution < -0.4 is 15.2 Å². The molecule has 1 aromatic carbocycles. The van der Waals surface area contributed by atoms with Crippen LogP contribution >= 0.6 is 0 Å². The van der Waals surface area contributed by atoms with Gasteiger partial charge in [-0.25, -0.2) is 0 Å². The van der Waals surface area contributed by atoms with Crippen LogP contribution in [0, 0.1) is 0 Å². The van der Waals surface area contributed by atoms with E-state index in [1.54, 1.807) is 13.2 Å². The summed E-state index contributed by atoms with van der Waals surface area (Å²) in [5.41, 5.74) is 5.19. The Bertz CT molecular complexity index is 225. The van der Waals surface area contributed by atoms with Crippen molar-refractivity contribution in [3.63, 3.8) is 0 Å². The van der Waals surface area contributed by atoms with Crippen LogP contribution in [-0.2, 0) is 0 Å². The summed E-state index contributed by atoms with van der Waals surface area (Å²) in [5.74, 6) is 1.50. The lowest BCUT2D eigenvalue weighted by Gasteiger charge is -2.03. The predicted molar refractivity (Wildman–Crippen MR) is 42.7 cm³/mol. The lowest BCUT2D eigenvalue weighted by Crippen LogP contribution is -2.07. The molecule has 0 saturated carbocycles. The van der Waals surface area contributed by atoms with Crippen molar-refractivity contribution < 1.29 is 9.47 Å². The Morgan fingerprint density at radius 1 is 1.36 bits per heavy atom. The highest BCUT2D eigenvalue weighted by Gasteiger charge is 1.93.